The zero-order chi connectivity index (χ0) is 15.4. The summed E-state index contributed by atoms with van der Waals surface area (Å²) >= 11 is 0. The van der Waals surface area contributed by atoms with Gasteiger partial charge in [0.25, 0.3) is 0 Å². The van der Waals surface area contributed by atoms with Gasteiger partial charge in [-0.05, 0) is 36.2 Å². The first-order valence-corrected chi connectivity index (χ1v) is 6.38. The van der Waals surface area contributed by atoms with Crippen molar-refractivity contribution in [3.05, 3.63) is 65.5 Å². The van der Waals surface area contributed by atoms with Crippen molar-refractivity contribution in [2.75, 3.05) is 0 Å². The summed E-state index contributed by atoms with van der Waals surface area (Å²) in [6.07, 6.45) is 2.60. The van der Waals surface area contributed by atoms with Gasteiger partial charge in [-0.1, -0.05) is 12.1 Å². The molecule has 110 valence electrons. The van der Waals surface area contributed by atoms with Crippen molar-refractivity contribution in [2.45, 2.75) is 19.0 Å². The maximum atomic E-state index is 13.2. The molecule has 2 atom stereocenters. The Morgan fingerprint density at radius 3 is 2.38 bits per heavy atom. The number of nitrogens with two attached hydrogens (primary N) is 1. The molecular weight excluding hydrogens is 276 g/mol. The minimum Gasteiger partial charge on any atom is -0.368 e. The molecule has 2 aromatic rings. The lowest BCUT2D eigenvalue weighted by molar-refractivity contribution is -0.120. The molecule has 1 heterocycles. The summed E-state index contributed by atoms with van der Waals surface area (Å²) in [5.41, 5.74) is 6.51. The van der Waals surface area contributed by atoms with Crippen LogP contribution in [-0.2, 0) is 4.79 Å². The van der Waals surface area contributed by atoms with E-state index in [1.165, 1.54) is 36.5 Å². The highest BCUT2D eigenvalue weighted by atomic mass is 19.1. The molecule has 0 saturated carbocycles. The summed E-state index contributed by atoms with van der Waals surface area (Å²) in [6.45, 7) is 1.76. The maximum absolute atomic E-state index is 13.2. The molecule has 2 rings (SSSR count). The number of benzene rings is 1. The second kappa shape index (κ2) is 6.41. The van der Waals surface area contributed by atoms with Crippen LogP contribution >= 0.6 is 0 Å². The fourth-order valence-electron chi connectivity index (χ4n) is 2.01. The SMILES string of the molecule is CC(NC(C(N)=O)c1ccc(F)cc1)c1cncc(F)c1. The molecule has 0 bridgehead atoms. The van der Waals surface area contributed by atoms with Gasteiger partial charge >= 0.3 is 0 Å². The summed E-state index contributed by atoms with van der Waals surface area (Å²) < 4.78 is 26.1. The third-order valence-electron chi connectivity index (χ3n) is 3.13. The van der Waals surface area contributed by atoms with Gasteiger partial charge in [-0.2, -0.15) is 0 Å². The number of hydrogen-bond donors (Lipinski definition) is 2. The van der Waals surface area contributed by atoms with E-state index in [9.17, 15) is 13.6 Å². The van der Waals surface area contributed by atoms with E-state index in [0.29, 0.717) is 11.1 Å². The predicted molar refractivity (Wildman–Crippen MR) is 74.1 cm³/mol. The number of aromatic nitrogens is 1. The minimum atomic E-state index is -0.802. The van der Waals surface area contributed by atoms with Gasteiger partial charge in [-0.15, -0.1) is 0 Å². The fraction of sp³-hybridized carbons (Fsp3) is 0.200. The van der Waals surface area contributed by atoms with Crippen LogP contribution in [0, 0.1) is 11.6 Å². The summed E-state index contributed by atoms with van der Waals surface area (Å²) in [5.74, 6) is -1.46. The summed E-state index contributed by atoms with van der Waals surface area (Å²) in [5, 5.41) is 2.99. The van der Waals surface area contributed by atoms with Gasteiger partial charge in [0.2, 0.25) is 5.91 Å². The van der Waals surface area contributed by atoms with Gasteiger partial charge in [0.15, 0.2) is 0 Å². The summed E-state index contributed by atoms with van der Waals surface area (Å²) in [6, 6.07) is 5.64. The average Bonchev–Trinajstić information content (AvgIpc) is 2.45. The number of halogens is 2. The van der Waals surface area contributed by atoms with E-state index >= 15 is 0 Å². The van der Waals surface area contributed by atoms with Gasteiger partial charge in [-0.3, -0.25) is 15.1 Å². The van der Waals surface area contributed by atoms with Gasteiger partial charge in [0, 0.05) is 12.2 Å². The molecule has 0 aliphatic rings. The molecule has 0 aliphatic carbocycles. The monoisotopic (exact) mass is 291 g/mol. The van der Waals surface area contributed by atoms with Crippen molar-refractivity contribution in [2.24, 2.45) is 5.73 Å². The van der Waals surface area contributed by atoms with Crippen LogP contribution in [0.4, 0.5) is 8.78 Å². The zero-order valence-corrected chi connectivity index (χ0v) is 11.4. The number of pyridine rings is 1. The van der Waals surface area contributed by atoms with Crippen LogP contribution in [0.5, 0.6) is 0 Å². The van der Waals surface area contributed by atoms with Crippen LogP contribution in [0.15, 0.2) is 42.7 Å². The molecule has 1 aromatic heterocycles. The van der Waals surface area contributed by atoms with Crippen LogP contribution in [0.1, 0.15) is 30.1 Å². The molecule has 1 amide bonds. The Kier molecular flexibility index (Phi) is 4.59. The highest BCUT2D eigenvalue weighted by molar-refractivity contribution is 5.81. The van der Waals surface area contributed by atoms with E-state index in [4.69, 9.17) is 5.73 Å². The largest absolute Gasteiger partial charge is 0.368 e. The van der Waals surface area contributed by atoms with Gasteiger partial charge in [-0.25, -0.2) is 8.78 Å². The van der Waals surface area contributed by atoms with E-state index in [1.807, 2.05) is 0 Å². The summed E-state index contributed by atoms with van der Waals surface area (Å²) in [4.78, 5) is 15.4. The molecule has 0 spiro atoms. The van der Waals surface area contributed by atoms with E-state index < -0.39 is 23.6 Å². The number of rotatable bonds is 5. The average molecular weight is 291 g/mol. The number of carbonyl (C=O) groups is 1. The van der Waals surface area contributed by atoms with Crippen molar-refractivity contribution in [3.63, 3.8) is 0 Å². The molecular formula is C15H15F2N3O. The number of nitrogens with zero attached hydrogens (tertiary/aromatic N) is 1. The van der Waals surface area contributed by atoms with Crippen LogP contribution in [0.25, 0.3) is 0 Å². The van der Waals surface area contributed by atoms with Crippen LogP contribution < -0.4 is 11.1 Å². The number of nitrogens with one attached hydrogen (secondary N) is 1. The lowest BCUT2D eigenvalue weighted by Gasteiger charge is -2.21. The van der Waals surface area contributed by atoms with Crippen molar-refractivity contribution in [1.29, 1.82) is 0 Å². The molecule has 0 aliphatic heterocycles. The second-order valence-electron chi connectivity index (χ2n) is 4.71. The lowest BCUT2D eigenvalue weighted by atomic mass is 10.0. The van der Waals surface area contributed by atoms with Crippen molar-refractivity contribution in [3.8, 4) is 0 Å². The molecule has 6 heteroatoms. The van der Waals surface area contributed by atoms with Crippen molar-refractivity contribution in [1.82, 2.24) is 10.3 Å². The maximum Gasteiger partial charge on any atom is 0.239 e. The first kappa shape index (κ1) is 15.1. The smallest absolute Gasteiger partial charge is 0.239 e. The number of hydrogen-bond acceptors (Lipinski definition) is 3. The van der Waals surface area contributed by atoms with Crippen LogP contribution in [0.3, 0.4) is 0 Å². The number of amides is 1. The highest BCUT2D eigenvalue weighted by Gasteiger charge is 2.21. The first-order valence-electron chi connectivity index (χ1n) is 6.38. The lowest BCUT2D eigenvalue weighted by Crippen LogP contribution is -2.35. The Morgan fingerprint density at radius 1 is 1.14 bits per heavy atom. The topological polar surface area (TPSA) is 68.0 Å². The molecule has 1 aromatic carbocycles. The standard InChI is InChI=1S/C15H15F2N3O/c1-9(11-6-13(17)8-19-7-11)20-14(15(18)21)10-2-4-12(16)5-3-10/h2-9,14,20H,1H3,(H2,18,21). The van der Waals surface area contributed by atoms with Gasteiger partial charge in [0.05, 0.1) is 6.20 Å². The molecule has 0 fully saturated rings. The van der Waals surface area contributed by atoms with E-state index in [2.05, 4.69) is 10.3 Å². The molecule has 0 radical (unpaired) electrons. The van der Waals surface area contributed by atoms with Gasteiger partial charge in [0.1, 0.15) is 17.7 Å². The second-order valence-corrected chi connectivity index (χ2v) is 4.71. The predicted octanol–water partition coefficient (Wildman–Crippen LogP) is 2.24. The third-order valence-corrected chi connectivity index (χ3v) is 3.13. The third kappa shape index (κ3) is 3.82. The molecule has 2 unspecified atom stereocenters. The Hall–Kier alpha value is -2.34. The zero-order valence-electron chi connectivity index (χ0n) is 11.4. The van der Waals surface area contributed by atoms with Crippen LogP contribution in [0.2, 0.25) is 0 Å². The fourth-order valence-corrected chi connectivity index (χ4v) is 2.01. The summed E-state index contributed by atoms with van der Waals surface area (Å²) in [7, 11) is 0. The molecule has 3 N–H and O–H groups in total. The van der Waals surface area contributed by atoms with Crippen molar-refractivity contribution >= 4 is 5.91 Å². The van der Waals surface area contributed by atoms with E-state index in [0.717, 1.165) is 6.20 Å². The first-order chi connectivity index (χ1) is 9.97. The quantitative estimate of drug-likeness (QED) is 0.887. The van der Waals surface area contributed by atoms with Crippen molar-refractivity contribution < 1.29 is 13.6 Å². The Balaban J connectivity index is 2.20. The van der Waals surface area contributed by atoms with Gasteiger partial charge < -0.3 is 5.73 Å². The number of primary amides is 1. The Bertz CT molecular complexity index is 631. The number of carbonyl (C=O) groups excluding carboxylic acids is 1. The van der Waals surface area contributed by atoms with E-state index in [1.54, 1.807) is 6.92 Å². The normalized spacial score (nSPS) is 13.7. The minimum absolute atomic E-state index is 0.351. The Labute approximate surface area is 121 Å². The van der Waals surface area contributed by atoms with E-state index in [-0.39, 0.29) is 6.04 Å². The molecule has 4 nitrogen and oxygen atoms in total. The highest BCUT2D eigenvalue weighted by Crippen LogP contribution is 2.20. The molecule has 0 saturated heterocycles. The Morgan fingerprint density at radius 2 is 1.81 bits per heavy atom. The molecule has 21 heavy (non-hydrogen) atoms. The van der Waals surface area contributed by atoms with Crippen LogP contribution in [-0.4, -0.2) is 10.9 Å².